The number of hydrogen-bond donors (Lipinski definition) is 1. The Kier molecular flexibility index (Phi) is 4.68. The molecule has 0 aliphatic carbocycles. The van der Waals surface area contributed by atoms with Gasteiger partial charge < -0.3 is 5.32 Å². The molecule has 2 heterocycles. The highest BCUT2D eigenvalue weighted by Crippen LogP contribution is 2.31. The van der Waals surface area contributed by atoms with Gasteiger partial charge in [0.2, 0.25) is 0 Å². The topological polar surface area (TPSA) is 29.9 Å². The molecule has 0 fully saturated rings. The van der Waals surface area contributed by atoms with Gasteiger partial charge in [0.05, 0.1) is 11.4 Å². The van der Waals surface area contributed by atoms with E-state index in [1.165, 1.54) is 11.6 Å². The Morgan fingerprint density at radius 2 is 2.04 bits per heavy atom. The van der Waals surface area contributed by atoms with Gasteiger partial charge in [-0.3, -0.25) is 0 Å². The van der Waals surface area contributed by atoms with Crippen molar-refractivity contribution in [2.75, 3.05) is 11.9 Å². The van der Waals surface area contributed by atoms with E-state index < -0.39 is 0 Å². The molecule has 134 valence electrons. The van der Waals surface area contributed by atoms with Crippen LogP contribution in [0.15, 0.2) is 42.5 Å². The number of rotatable bonds is 3. The van der Waals surface area contributed by atoms with E-state index in [0.717, 1.165) is 48.6 Å². The molecule has 0 radical (unpaired) electrons. The maximum Gasteiger partial charge on any atom is 0.133 e. The molecule has 4 rings (SSSR count). The Bertz CT molecular complexity index is 948. The molecule has 26 heavy (non-hydrogen) atoms. The van der Waals surface area contributed by atoms with E-state index in [4.69, 9.17) is 16.7 Å². The summed E-state index contributed by atoms with van der Waals surface area (Å²) >= 11 is 6.12. The number of fused-ring (bicyclic) bond motifs is 1. The van der Waals surface area contributed by atoms with Crippen LogP contribution in [0.25, 0.3) is 5.69 Å². The van der Waals surface area contributed by atoms with Crippen LogP contribution in [0.2, 0.25) is 5.02 Å². The summed E-state index contributed by atoms with van der Waals surface area (Å²) in [6, 6.07) is 12.7. The van der Waals surface area contributed by atoms with Crippen LogP contribution in [0.5, 0.6) is 0 Å². The largest absolute Gasteiger partial charge is 0.370 e. The van der Waals surface area contributed by atoms with Crippen molar-refractivity contribution in [1.29, 1.82) is 0 Å². The number of aromatic nitrogens is 2. The van der Waals surface area contributed by atoms with Crippen molar-refractivity contribution in [1.82, 2.24) is 9.78 Å². The van der Waals surface area contributed by atoms with E-state index in [2.05, 4.69) is 5.32 Å². The lowest BCUT2D eigenvalue weighted by Gasteiger charge is -2.11. The van der Waals surface area contributed by atoms with Crippen molar-refractivity contribution < 1.29 is 4.39 Å². The summed E-state index contributed by atoms with van der Waals surface area (Å²) in [6.45, 7) is 2.95. The molecule has 1 N–H and O–H groups in total. The molecule has 1 aliphatic heterocycles. The van der Waals surface area contributed by atoms with Crippen LogP contribution in [-0.2, 0) is 12.8 Å². The van der Waals surface area contributed by atoms with E-state index >= 15 is 0 Å². The second-order valence-corrected chi connectivity index (χ2v) is 7.20. The highest BCUT2D eigenvalue weighted by Gasteiger charge is 2.22. The summed E-state index contributed by atoms with van der Waals surface area (Å²) in [6.07, 6.45) is 3.68. The van der Waals surface area contributed by atoms with Crippen LogP contribution in [0.3, 0.4) is 0 Å². The lowest BCUT2D eigenvalue weighted by molar-refractivity contribution is 0.612. The van der Waals surface area contributed by atoms with E-state index in [9.17, 15) is 4.39 Å². The van der Waals surface area contributed by atoms with Gasteiger partial charge in [0.25, 0.3) is 0 Å². The molecular formula is C21H21ClFN3. The molecule has 0 unspecified atom stereocenters. The Labute approximate surface area is 157 Å². The van der Waals surface area contributed by atoms with Gasteiger partial charge in [0.15, 0.2) is 0 Å². The zero-order valence-corrected chi connectivity index (χ0v) is 15.5. The molecule has 5 heteroatoms. The van der Waals surface area contributed by atoms with Gasteiger partial charge in [-0.25, -0.2) is 9.07 Å². The zero-order chi connectivity index (χ0) is 18.1. The molecule has 0 bridgehead atoms. The lowest BCUT2D eigenvalue weighted by atomic mass is 10.0. The monoisotopic (exact) mass is 369 g/mol. The first-order valence-electron chi connectivity index (χ1n) is 8.98. The summed E-state index contributed by atoms with van der Waals surface area (Å²) in [5.74, 6) is 0.847. The highest BCUT2D eigenvalue weighted by molar-refractivity contribution is 6.30. The summed E-state index contributed by atoms with van der Waals surface area (Å²) in [5, 5.41) is 9.12. The second-order valence-electron chi connectivity index (χ2n) is 6.77. The predicted molar refractivity (Wildman–Crippen MR) is 104 cm³/mol. The first-order chi connectivity index (χ1) is 12.6. The molecule has 1 aromatic heterocycles. The van der Waals surface area contributed by atoms with Gasteiger partial charge in [-0.15, -0.1) is 0 Å². The van der Waals surface area contributed by atoms with Crippen molar-refractivity contribution in [3.63, 3.8) is 0 Å². The van der Waals surface area contributed by atoms with E-state index in [0.29, 0.717) is 17.0 Å². The number of nitrogens with one attached hydrogen (secondary N) is 1. The molecule has 0 saturated heterocycles. The Balaban J connectivity index is 1.83. The predicted octanol–water partition coefficient (Wildman–Crippen LogP) is 5.31. The van der Waals surface area contributed by atoms with Crippen molar-refractivity contribution in [2.24, 2.45) is 0 Å². The normalized spacial score (nSPS) is 13.8. The third-order valence-electron chi connectivity index (χ3n) is 4.92. The van der Waals surface area contributed by atoms with Crippen LogP contribution in [0.4, 0.5) is 10.2 Å². The Morgan fingerprint density at radius 1 is 1.19 bits per heavy atom. The Hall–Kier alpha value is -2.33. The van der Waals surface area contributed by atoms with Gasteiger partial charge in [0.1, 0.15) is 11.6 Å². The fraction of sp³-hybridized carbons (Fsp3) is 0.286. The van der Waals surface area contributed by atoms with Crippen molar-refractivity contribution >= 4 is 17.4 Å². The number of halogens is 2. The molecular weight excluding hydrogens is 349 g/mol. The smallest absolute Gasteiger partial charge is 0.133 e. The first kappa shape index (κ1) is 17.1. The summed E-state index contributed by atoms with van der Waals surface area (Å²) in [5.41, 5.74) is 4.87. The number of hydrogen-bond acceptors (Lipinski definition) is 2. The quantitative estimate of drug-likeness (QED) is 0.677. The minimum Gasteiger partial charge on any atom is -0.370 e. The third kappa shape index (κ3) is 3.21. The molecule has 0 amide bonds. The van der Waals surface area contributed by atoms with E-state index in [1.54, 1.807) is 6.07 Å². The van der Waals surface area contributed by atoms with Gasteiger partial charge in [-0.2, -0.15) is 5.10 Å². The minimum atomic E-state index is -0.181. The number of aryl methyl sites for hydroxylation is 1. The standard InChI is InChI=1S/C21H21ClFN3/c1-14-12-16(22)9-10-20(14)26-21-17(7-4-5-11-24-21)19(25-26)13-15-6-2-3-8-18(15)23/h2-3,6,8-10,12,24H,4-5,7,11,13H2,1H3. The van der Waals surface area contributed by atoms with Crippen LogP contribution in [0, 0.1) is 12.7 Å². The summed E-state index contributed by atoms with van der Waals surface area (Å²) in [4.78, 5) is 0. The van der Waals surface area contributed by atoms with Gasteiger partial charge in [-0.1, -0.05) is 29.8 Å². The van der Waals surface area contributed by atoms with Crippen LogP contribution in [-0.4, -0.2) is 16.3 Å². The number of benzene rings is 2. The molecule has 1 aliphatic rings. The highest BCUT2D eigenvalue weighted by atomic mass is 35.5. The molecule has 3 nitrogen and oxygen atoms in total. The number of anilines is 1. The number of nitrogens with zero attached hydrogens (tertiary/aromatic N) is 2. The average molecular weight is 370 g/mol. The van der Waals surface area contributed by atoms with E-state index in [1.807, 2.05) is 41.9 Å². The van der Waals surface area contributed by atoms with Crippen molar-refractivity contribution in [3.05, 3.63) is 75.7 Å². The van der Waals surface area contributed by atoms with Gasteiger partial charge >= 0.3 is 0 Å². The third-order valence-corrected chi connectivity index (χ3v) is 5.15. The average Bonchev–Trinajstić information content (AvgIpc) is 2.80. The SMILES string of the molecule is Cc1cc(Cl)ccc1-n1nc(Cc2ccccc2F)c2c1NCCCC2. The maximum atomic E-state index is 14.2. The molecule has 2 aromatic carbocycles. The van der Waals surface area contributed by atoms with Crippen LogP contribution >= 0.6 is 11.6 Å². The fourth-order valence-corrected chi connectivity index (χ4v) is 3.80. The van der Waals surface area contributed by atoms with Gasteiger partial charge in [-0.05, 0) is 61.6 Å². The minimum absolute atomic E-state index is 0.181. The molecule has 0 saturated carbocycles. The molecule has 3 aromatic rings. The Morgan fingerprint density at radius 3 is 2.85 bits per heavy atom. The lowest BCUT2D eigenvalue weighted by Crippen LogP contribution is -2.08. The summed E-state index contributed by atoms with van der Waals surface area (Å²) < 4.78 is 16.1. The maximum absolute atomic E-state index is 14.2. The molecule has 0 atom stereocenters. The first-order valence-corrected chi connectivity index (χ1v) is 9.36. The fourth-order valence-electron chi connectivity index (χ4n) is 3.57. The van der Waals surface area contributed by atoms with E-state index in [-0.39, 0.29) is 5.82 Å². The summed E-state index contributed by atoms with van der Waals surface area (Å²) in [7, 11) is 0. The van der Waals surface area contributed by atoms with Crippen LogP contribution in [0.1, 0.15) is 35.2 Å². The van der Waals surface area contributed by atoms with Gasteiger partial charge in [0, 0.05) is 23.6 Å². The second kappa shape index (κ2) is 7.12. The zero-order valence-electron chi connectivity index (χ0n) is 14.7. The van der Waals surface area contributed by atoms with Crippen molar-refractivity contribution in [3.8, 4) is 5.69 Å². The molecule has 0 spiro atoms. The van der Waals surface area contributed by atoms with Crippen LogP contribution < -0.4 is 5.32 Å². The van der Waals surface area contributed by atoms with Crippen molar-refractivity contribution in [2.45, 2.75) is 32.6 Å².